The van der Waals surface area contributed by atoms with Crippen molar-refractivity contribution in [2.45, 2.75) is 32.7 Å². The molecule has 0 spiro atoms. The summed E-state index contributed by atoms with van der Waals surface area (Å²) in [5, 5.41) is 3.54. The Hall–Kier alpha value is -1.28. The first-order valence-electron chi connectivity index (χ1n) is 6.92. The molecular formula is C16H23NO. The SMILES string of the molecule is CCOc1ccc(/C=C/C2CC(C)CCN2)cc1. The minimum absolute atomic E-state index is 0.528. The number of rotatable bonds is 4. The quantitative estimate of drug-likeness (QED) is 0.876. The summed E-state index contributed by atoms with van der Waals surface area (Å²) in [6.45, 7) is 6.20. The molecule has 2 heteroatoms. The Balaban J connectivity index is 1.91. The summed E-state index contributed by atoms with van der Waals surface area (Å²) in [7, 11) is 0. The van der Waals surface area contributed by atoms with Gasteiger partial charge in [0.05, 0.1) is 6.61 Å². The van der Waals surface area contributed by atoms with Crippen LogP contribution in [0.3, 0.4) is 0 Å². The maximum absolute atomic E-state index is 5.43. The molecule has 2 rings (SSSR count). The zero-order chi connectivity index (χ0) is 12.8. The average molecular weight is 245 g/mol. The number of hydrogen-bond acceptors (Lipinski definition) is 2. The van der Waals surface area contributed by atoms with E-state index < -0.39 is 0 Å². The second-order valence-electron chi connectivity index (χ2n) is 5.05. The van der Waals surface area contributed by atoms with Crippen molar-refractivity contribution in [3.8, 4) is 5.75 Å². The molecule has 1 aromatic carbocycles. The number of piperidine rings is 1. The van der Waals surface area contributed by atoms with Crippen LogP contribution in [0.25, 0.3) is 6.08 Å². The summed E-state index contributed by atoms with van der Waals surface area (Å²) in [5.41, 5.74) is 1.23. The van der Waals surface area contributed by atoms with E-state index in [-0.39, 0.29) is 0 Å². The largest absolute Gasteiger partial charge is 0.494 e. The highest BCUT2D eigenvalue weighted by molar-refractivity contribution is 5.51. The van der Waals surface area contributed by atoms with Crippen molar-refractivity contribution in [1.29, 1.82) is 0 Å². The highest BCUT2D eigenvalue weighted by atomic mass is 16.5. The van der Waals surface area contributed by atoms with Crippen molar-refractivity contribution in [2.75, 3.05) is 13.2 Å². The van der Waals surface area contributed by atoms with Gasteiger partial charge in [0, 0.05) is 6.04 Å². The van der Waals surface area contributed by atoms with E-state index >= 15 is 0 Å². The summed E-state index contributed by atoms with van der Waals surface area (Å²) < 4.78 is 5.43. The van der Waals surface area contributed by atoms with Gasteiger partial charge in [-0.3, -0.25) is 0 Å². The molecule has 0 amide bonds. The Morgan fingerprint density at radius 1 is 1.33 bits per heavy atom. The molecule has 2 unspecified atom stereocenters. The highest BCUT2D eigenvalue weighted by Crippen LogP contribution is 2.17. The molecule has 0 aromatic heterocycles. The maximum Gasteiger partial charge on any atom is 0.119 e. The van der Waals surface area contributed by atoms with Gasteiger partial charge in [-0.2, -0.15) is 0 Å². The van der Waals surface area contributed by atoms with E-state index in [4.69, 9.17) is 4.74 Å². The van der Waals surface area contributed by atoms with E-state index in [9.17, 15) is 0 Å². The maximum atomic E-state index is 5.43. The smallest absolute Gasteiger partial charge is 0.119 e. The van der Waals surface area contributed by atoms with E-state index in [1.807, 2.05) is 19.1 Å². The van der Waals surface area contributed by atoms with E-state index in [0.29, 0.717) is 6.04 Å². The predicted molar refractivity (Wildman–Crippen MR) is 76.8 cm³/mol. The van der Waals surface area contributed by atoms with Crippen molar-refractivity contribution >= 4 is 6.08 Å². The third kappa shape index (κ3) is 3.88. The molecular weight excluding hydrogens is 222 g/mol. The third-order valence-corrected chi connectivity index (χ3v) is 3.41. The Morgan fingerprint density at radius 3 is 2.78 bits per heavy atom. The number of ether oxygens (including phenoxy) is 1. The minimum atomic E-state index is 0.528. The standard InChI is InChI=1S/C16H23NO/c1-3-18-16-8-5-14(6-9-16)4-7-15-12-13(2)10-11-17-15/h4-9,13,15,17H,3,10-12H2,1-2H3/b7-4+. The molecule has 1 saturated heterocycles. The number of benzene rings is 1. The molecule has 0 saturated carbocycles. The fourth-order valence-electron chi connectivity index (χ4n) is 2.37. The lowest BCUT2D eigenvalue weighted by atomic mass is 9.94. The zero-order valence-corrected chi connectivity index (χ0v) is 11.4. The van der Waals surface area contributed by atoms with Crippen molar-refractivity contribution in [3.63, 3.8) is 0 Å². The van der Waals surface area contributed by atoms with E-state index in [0.717, 1.165) is 24.8 Å². The zero-order valence-electron chi connectivity index (χ0n) is 11.4. The molecule has 1 aliphatic rings. The van der Waals surface area contributed by atoms with Crippen LogP contribution in [0.5, 0.6) is 5.75 Å². The first-order chi connectivity index (χ1) is 8.78. The first kappa shape index (κ1) is 13.2. The summed E-state index contributed by atoms with van der Waals surface area (Å²) in [6, 6.07) is 8.79. The van der Waals surface area contributed by atoms with Crippen molar-refractivity contribution in [2.24, 2.45) is 5.92 Å². The van der Waals surface area contributed by atoms with Crippen LogP contribution in [0, 0.1) is 5.92 Å². The number of nitrogens with one attached hydrogen (secondary N) is 1. The van der Waals surface area contributed by atoms with Gasteiger partial charge < -0.3 is 10.1 Å². The molecule has 18 heavy (non-hydrogen) atoms. The van der Waals surface area contributed by atoms with Crippen molar-refractivity contribution < 1.29 is 4.74 Å². The lowest BCUT2D eigenvalue weighted by Crippen LogP contribution is -2.35. The first-order valence-corrected chi connectivity index (χ1v) is 6.92. The molecule has 2 atom stereocenters. The van der Waals surface area contributed by atoms with Gasteiger partial charge >= 0.3 is 0 Å². The third-order valence-electron chi connectivity index (χ3n) is 3.41. The molecule has 1 N–H and O–H groups in total. The van der Waals surface area contributed by atoms with E-state index in [2.05, 4.69) is 36.5 Å². The van der Waals surface area contributed by atoms with Gasteiger partial charge in [0.2, 0.25) is 0 Å². The Bertz CT molecular complexity index is 383. The molecule has 1 aromatic rings. The average Bonchev–Trinajstić information content (AvgIpc) is 2.38. The fraction of sp³-hybridized carbons (Fsp3) is 0.500. The van der Waals surface area contributed by atoms with Crippen LogP contribution in [-0.2, 0) is 0 Å². The van der Waals surface area contributed by atoms with Gasteiger partial charge in [-0.05, 0) is 49.9 Å². The monoisotopic (exact) mass is 245 g/mol. The van der Waals surface area contributed by atoms with Gasteiger partial charge in [-0.1, -0.05) is 31.2 Å². The summed E-state index contributed by atoms with van der Waals surface area (Å²) in [6.07, 6.45) is 7.03. The topological polar surface area (TPSA) is 21.3 Å². The van der Waals surface area contributed by atoms with Gasteiger partial charge in [0.15, 0.2) is 0 Å². The summed E-state index contributed by atoms with van der Waals surface area (Å²) in [5.74, 6) is 1.78. The molecule has 0 bridgehead atoms. The van der Waals surface area contributed by atoms with Crippen LogP contribution in [0.15, 0.2) is 30.3 Å². The van der Waals surface area contributed by atoms with Crippen LogP contribution in [0.2, 0.25) is 0 Å². The second kappa shape index (κ2) is 6.60. The van der Waals surface area contributed by atoms with Crippen molar-refractivity contribution in [3.05, 3.63) is 35.9 Å². The van der Waals surface area contributed by atoms with Gasteiger partial charge in [0.1, 0.15) is 5.75 Å². The summed E-state index contributed by atoms with van der Waals surface area (Å²) >= 11 is 0. The van der Waals surface area contributed by atoms with Crippen molar-refractivity contribution in [1.82, 2.24) is 5.32 Å². The van der Waals surface area contributed by atoms with Crippen LogP contribution in [0.1, 0.15) is 32.3 Å². The molecule has 1 fully saturated rings. The van der Waals surface area contributed by atoms with E-state index in [1.54, 1.807) is 0 Å². The molecule has 1 heterocycles. The van der Waals surface area contributed by atoms with Crippen LogP contribution >= 0.6 is 0 Å². The Labute approximate surface area is 110 Å². The summed E-state index contributed by atoms with van der Waals surface area (Å²) in [4.78, 5) is 0. The fourth-order valence-corrected chi connectivity index (χ4v) is 2.37. The van der Waals surface area contributed by atoms with Gasteiger partial charge in [0.25, 0.3) is 0 Å². The molecule has 0 aliphatic carbocycles. The van der Waals surface area contributed by atoms with Gasteiger partial charge in [-0.25, -0.2) is 0 Å². The van der Waals surface area contributed by atoms with Gasteiger partial charge in [-0.15, -0.1) is 0 Å². The Kier molecular flexibility index (Phi) is 4.82. The number of hydrogen-bond donors (Lipinski definition) is 1. The molecule has 2 nitrogen and oxygen atoms in total. The molecule has 0 radical (unpaired) electrons. The molecule has 98 valence electrons. The van der Waals surface area contributed by atoms with Crippen LogP contribution < -0.4 is 10.1 Å². The van der Waals surface area contributed by atoms with Crippen LogP contribution in [0.4, 0.5) is 0 Å². The van der Waals surface area contributed by atoms with Crippen LogP contribution in [-0.4, -0.2) is 19.2 Å². The van der Waals surface area contributed by atoms with E-state index in [1.165, 1.54) is 18.4 Å². The lowest BCUT2D eigenvalue weighted by Gasteiger charge is -2.25. The molecule has 1 aliphatic heterocycles. The normalized spacial score (nSPS) is 24.3. The second-order valence-corrected chi connectivity index (χ2v) is 5.05. The lowest BCUT2D eigenvalue weighted by molar-refractivity contribution is 0.340. The Morgan fingerprint density at radius 2 is 2.11 bits per heavy atom. The predicted octanol–water partition coefficient (Wildman–Crippen LogP) is 3.49. The highest BCUT2D eigenvalue weighted by Gasteiger charge is 2.15. The minimum Gasteiger partial charge on any atom is -0.494 e.